The molecule has 0 aromatic heterocycles. The number of urea groups is 1. The van der Waals surface area contributed by atoms with Gasteiger partial charge in [-0.1, -0.05) is 36.4 Å². The van der Waals surface area contributed by atoms with E-state index in [4.69, 9.17) is 0 Å². The average Bonchev–Trinajstić information content (AvgIpc) is 3.10. The number of carbonyl (C=O) groups excluding carboxylic acids is 2. The van der Waals surface area contributed by atoms with Crippen molar-refractivity contribution < 1.29 is 9.59 Å². The Kier molecular flexibility index (Phi) is 4.57. The molecule has 3 amide bonds. The highest BCUT2D eigenvalue weighted by Gasteiger charge is 2.22. The fourth-order valence-corrected chi connectivity index (χ4v) is 3.58. The second-order valence-corrected chi connectivity index (χ2v) is 6.79. The second kappa shape index (κ2) is 7.19. The number of hydrogen-bond acceptors (Lipinski definition) is 2. The summed E-state index contributed by atoms with van der Waals surface area (Å²) in [5.41, 5.74) is 6.45. The largest absolute Gasteiger partial charge is 0.348 e. The smallest absolute Gasteiger partial charge is 0.326 e. The van der Waals surface area contributed by atoms with Crippen LogP contribution in [-0.4, -0.2) is 19.0 Å². The Bertz CT molecular complexity index is 1060. The van der Waals surface area contributed by atoms with Gasteiger partial charge < -0.3 is 10.6 Å². The summed E-state index contributed by atoms with van der Waals surface area (Å²) >= 11 is 0. The summed E-state index contributed by atoms with van der Waals surface area (Å²) in [6, 6.07) is 21.2. The van der Waals surface area contributed by atoms with E-state index in [-0.39, 0.29) is 11.9 Å². The predicted molar refractivity (Wildman–Crippen MR) is 111 cm³/mol. The molecule has 2 N–H and O–H groups in total. The van der Waals surface area contributed by atoms with Crippen molar-refractivity contribution in [3.63, 3.8) is 0 Å². The van der Waals surface area contributed by atoms with Crippen molar-refractivity contribution in [1.29, 1.82) is 0 Å². The predicted octanol–water partition coefficient (Wildman–Crippen LogP) is 4.38. The van der Waals surface area contributed by atoms with Gasteiger partial charge in [0, 0.05) is 19.2 Å². The van der Waals surface area contributed by atoms with E-state index >= 15 is 0 Å². The standard InChI is InChI=1S/C23H21N3O2/c1-15-5-3-6-18(13-15)26(23(28)24-2)17-11-9-16(10-12-17)19-7-4-8-20-21(19)14-25-22(20)27/h3-13H,14H2,1-2H3,(H,24,28)(H,25,27). The zero-order valence-electron chi connectivity index (χ0n) is 15.8. The molecule has 3 aromatic rings. The maximum Gasteiger partial charge on any atom is 0.326 e. The lowest BCUT2D eigenvalue weighted by Gasteiger charge is -2.23. The van der Waals surface area contributed by atoms with Gasteiger partial charge in [-0.3, -0.25) is 9.69 Å². The first-order chi connectivity index (χ1) is 13.6. The SMILES string of the molecule is CNC(=O)N(c1ccc(-c2cccc3c2CNC3=O)cc1)c1cccc(C)c1. The number of nitrogens with zero attached hydrogens (tertiary/aromatic N) is 1. The lowest BCUT2D eigenvalue weighted by Crippen LogP contribution is -2.34. The number of anilines is 2. The van der Waals surface area contributed by atoms with Gasteiger partial charge in [-0.05, 0) is 59.5 Å². The van der Waals surface area contributed by atoms with E-state index in [0.717, 1.165) is 39.2 Å². The molecular formula is C23H21N3O2. The lowest BCUT2D eigenvalue weighted by molar-refractivity contribution is 0.0965. The van der Waals surface area contributed by atoms with Gasteiger partial charge in [-0.15, -0.1) is 0 Å². The topological polar surface area (TPSA) is 61.4 Å². The fourth-order valence-electron chi connectivity index (χ4n) is 3.58. The van der Waals surface area contributed by atoms with Gasteiger partial charge >= 0.3 is 6.03 Å². The van der Waals surface area contributed by atoms with Gasteiger partial charge in [0.05, 0.1) is 11.4 Å². The molecule has 1 aliphatic heterocycles. The molecule has 5 nitrogen and oxygen atoms in total. The molecule has 0 unspecified atom stereocenters. The van der Waals surface area contributed by atoms with Gasteiger partial charge in [0.2, 0.25) is 0 Å². The first-order valence-electron chi connectivity index (χ1n) is 9.17. The summed E-state index contributed by atoms with van der Waals surface area (Å²) in [6.07, 6.45) is 0. The minimum absolute atomic E-state index is 0.0290. The Morgan fingerprint density at radius 3 is 2.39 bits per heavy atom. The molecule has 0 saturated carbocycles. The molecule has 0 aliphatic carbocycles. The molecule has 0 bridgehead atoms. The normalized spacial score (nSPS) is 12.3. The van der Waals surface area contributed by atoms with Gasteiger partial charge in [0.25, 0.3) is 5.91 Å². The van der Waals surface area contributed by atoms with Crippen molar-refractivity contribution in [1.82, 2.24) is 10.6 Å². The van der Waals surface area contributed by atoms with Crippen LogP contribution in [0.5, 0.6) is 0 Å². The van der Waals surface area contributed by atoms with Crippen LogP contribution >= 0.6 is 0 Å². The maximum absolute atomic E-state index is 12.5. The number of carbonyl (C=O) groups is 2. The summed E-state index contributed by atoms with van der Waals surface area (Å²) in [5, 5.41) is 5.58. The summed E-state index contributed by atoms with van der Waals surface area (Å²) < 4.78 is 0. The fraction of sp³-hybridized carbons (Fsp3) is 0.130. The number of nitrogens with one attached hydrogen (secondary N) is 2. The minimum Gasteiger partial charge on any atom is -0.348 e. The summed E-state index contributed by atoms with van der Waals surface area (Å²) in [7, 11) is 1.62. The van der Waals surface area contributed by atoms with Crippen molar-refractivity contribution in [3.8, 4) is 11.1 Å². The Balaban J connectivity index is 1.73. The molecule has 1 aliphatic rings. The first kappa shape index (κ1) is 17.8. The van der Waals surface area contributed by atoms with E-state index in [1.54, 1.807) is 11.9 Å². The monoisotopic (exact) mass is 371 g/mol. The minimum atomic E-state index is -0.200. The molecule has 0 spiro atoms. The Morgan fingerprint density at radius 1 is 0.964 bits per heavy atom. The van der Waals surface area contributed by atoms with Crippen LogP contribution in [0.15, 0.2) is 66.7 Å². The molecule has 0 fully saturated rings. The Morgan fingerprint density at radius 2 is 1.68 bits per heavy atom. The second-order valence-electron chi connectivity index (χ2n) is 6.79. The molecular weight excluding hydrogens is 350 g/mol. The van der Waals surface area contributed by atoms with Crippen molar-refractivity contribution in [3.05, 3.63) is 83.4 Å². The van der Waals surface area contributed by atoms with Gasteiger partial charge in [0.15, 0.2) is 0 Å². The van der Waals surface area contributed by atoms with Gasteiger partial charge in [-0.25, -0.2) is 4.79 Å². The molecule has 1 heterocycles. The van der Waals surface area contributed by atoms with Crippen LogP contribution in [0.25, 0.3) is 11.1 Å². The van der Waals surface area contributed by atoms with E-state index in [2.05, 4.69) is 10.6 Å². The van der Waals surface area contributed by atoms with Crippen LogP contribution in [-0.2, 0) is 6.54 Å². The molecule has 3 aromatic carbocycles. The molecule has 140 valence electrons. The van der Waals surface area contributed by atoms with Crippen LogP contribution in [0.3, 0.4) is 0 Å². The van der Waals surface area contributed by atoms with Crippen molar-refractivity contribution >= 4 is 23.3 Å². The van der Waals surface area contributed by atoms with E-state index in [0.29, 0.717) is 6.54 Å². The van der Waals surface area contributed by atoms with Crippen LogP contribution < -0.4 is 15.5 Å². The molecule has 28 heavy (non-hydrogen) atoms. The highest BCUT2D eigenvalue weighted by atomic mass is 16.2. The molecule has 0 atom stereocenters. The van der Waals surface area contributed by atoms with Crippen LogP contribution in [0.4, 0.5) is 16.2 Å². The Labute approximate surface area is 164 Å². The number of aryl methyl sites for hydroxylation is 1. The van der Waals surface area contributed by atoms with Crippen LogP contribution in [0.2, 0.25) is 0 Å². The van der Waals surface area contributed by atoms with E-state index in [9.17, 15) is 9.59 Å². The van der Waals surface area contributed by atoms with E-state index in [1.165, 1.54) is 0 Å². The average molecular weight is 371 g/mol. The third kappa shape index (κ3) is 3.11. The first-order valence-corrected chi connectivity index (χ1v) is 9.17. The highest BCUT2D eigenvalue weighted by Crippen LogP contribution is 2.32. The van der Waals surface area contributed by atoms with Crippen molar-refractivity contribution in [2.24, 2.45) is 0 Å². The zero-order valence-corrected chi connectivity index (χ0v) is 15.8. The Hall–Kier alpha value is -3.60. The van der Waals surface area contributed by atoms with Crippen LogP contribution in [0, 0.1) is 6.92 Å². The number of benzene rings is 3. The molecule has 0 saturated heterocycles. The maximum atomic E-state index is 12.5. The highest BCUT2D eigenvalue weighted by molar-refractivity contribution is 6.01. The number of hydrogen-bond donors (Lipinski definition) is 2. The number of fused-ring (bicyclic) bond motifs is 1. The van der Waals surface area contributed by atoms with Crippen molar-refractivity contribution in [2.45, 2.75) is 13.5 Å². The lowest BCUT2D eigenvalue weighted by atomic mass is 9.97. The molecule has 4 rings (SSSR count). The summed E-state index contributed by atoms with van der Waals surface area (Å²) in [4.78, 5) is 26.1. The molecule has 5 heteroatoms. The summed E-state index contributed by atoms with van der Waals surface area (Å²) in [6.45, 7) is 2.54. The summed E-state index contributed by atoms with van der Waals surface area (Å²) in [5.74, 6) is -0.0290. The van der Waals surface area contributed by atoms with Crippen LogP contribution in [0.1, 0.15) is 21.5 Å². The van der Waals surface area contributed by atoms with E-state index in [1.807, 2.05) is 73.7 Å². The number of rotatable bonds is 3. The van der Waals surface area contributed by atoms with E-state index < -0.39 is 0 Å². The number of amides is 3. The van der Waals surface area contributed by atoms with Gasteiger partial charge in [0.1, 0.15) is 0 Å². The third-order valence-electron chi connectivity index (χ3n) is 4.96. The zero-order chi connectivity index (χ0) is 19.7. The third-order valence-corrected chi connectivity index (χ3v) is 4.96. The quantitative estimate of drug-likeness (QED) is 0.718. The van der Waals surface area contributed by atoms with Gasteiger partial charge in [-0.2, -0.15) is 0 Å². The van der Waals surface area contributed by atoms with Crippen molar-refractivity contribution in [2.75, 3.05) is 11.9 Å². The molecule has 0 radical (unpaired) electrons.